The maximum absolute atomic E-state index is 12.5. The molecule has 0 amide bonds. The number of thioether (sulfide) groups is 1. The highest BCUT2D eigenvalue weighted by Gasteiger charge is 2.31. The second-order valence-electron chi connectivity index (χ2n) is 4.79. The summed E-state index contributed by atoms with van der Waals surface area (Å²) < 4.78 is 37.4. The number of nitrogens with one attached hydrogen (secondary N) is 1. The van der Waals surface area contributed by atoms with Gasteiger partial charge in [0, 0.05) is 12.2 Å². The fourth-order valence-electron chi connectivity index (χ4n) is 2.19. The zero-order valence-electron chi connectivity index (χ0n) is 10.8. The summed E-state index contributed by atoms with van der Waals surface area (Å²) in [4.78, 5) is 3.81. The van der Waals surface area contributed by atoms with Gasteiger partial charge in [-0.1, -0.05) is 11.6 Å². The monoisotopic (exact) mass is 324 g/mol. The zero-order chi connectivity index (χ0) is 14.6. The molecule has 0 bridgehead atoms. The molecule has 7 heteroatoms. The molecule has 1 aliphatic rings. The molecular formula is C13H16ClF3N2S. The highest BCUT2D eigenvalue weighted by molar-refractivity contribution is 7.99. The highest BCUT2D eigenvalue weighted by atomic mass is 35.5. The molecule has 112 valence electrons. The quantitative estimate of drug-likeness (QED) is 0.642. The van der Waals surface area contributed by atoms with Gasteiger partial charge in [-0.3, -0.25) is 0 Å². The topological polar surface area (TPSA) is 24.9 Å². The number of alkyl halides is 3. The second kappa shape index (κ2) is 7.00. The van der Waals surface area contributed by atoms with Crippen molar-refractivity contribution in [3.8, 4) is 0 Å². The van der Waals surface area contributed by atoms with E-state index < -0.39 is 11.7 Å². The average Bonchev–Trinajstić information content (AvgIpc) is 2.88. The fourth-order valence-corrected chi connectivity index (χ4v) is 3.35. The van der Waals surface area contributed by atoms with Gasteiger partial charge in [0.2, 0.25) is 0 Å². The molecule has 1 N–H and O–H groups in total. The van der Waals surface area contributed by atoms with Crippen LogP contribution < -0.4 is 5.32 Å². The van der Waals surface area contributed by atoms with E-state index in [-0.39, 0.29) is 5.02 Å². The molecule has 1 aliphatic heterocycles. The lowest BCUT2D eigenvalue weighted by Gasteiger charge is -2.10. The van der Waals surface area contributed by atoms with Crippen molar-refractivity contribution in [1.82, 2.24) is 10.3 Å². The minimum absolute atomic E-state index is 0.0730. The second-order valence-corrected chi connectivity index (χ2v) is 6.28. The van der Waals surface area contributed by atoms with Crippen LogP contribution in [0, 0.1) is 0 Å². The normalized spacial score (nSPS) is 19.5. The minimum Gasteiger partial charge on any atom is -0.314 e. The van der Waals surface area contributed by atoms with E-state index in [4.69, 9.17) is 11.6 Å². The summed E-state index contributed by atoms with van der Waals surface area (Å²) in [6.45, 7) is 1.09. The molecule has 1 unspecified atom stereocenters. The molecule has 0 aliphatic carbocycles. The molecule has 2 rings (SSSR count). The molecule has 1 aromatic rings. The van der Waals surface area contributed by atoms with Crippen LogP contribution in [0.2, 0.25) is 5.02 Å². The van der Waals surface area contributed by atoms with Gasteiger partial charge in [0.05, 0.1) is 10.6 Å². The van der Waals surface area contributed by atoms with Gasteiger partial charge >= 0.3 is 6.18 Å². The van der Waals surface area contributed by atoms with Crippen molar-refractivity contribution in [3.63, 3.8) is 0 Å². The van der Waals surface area contributed by atoms with Gasteiger partial charge in [-0.15, -0.1) is 11.8 Å². The molecule has 1 saturated heterocycles. The van der Waals surface area contributed by atoms with E-state index in [1.54, 1.807) is 0 Å². The first kappa shape index (κ1) is 15.9. The Bertz CT molecular complexity index is 448. The number of hydrogen-bond donors (Lipinski definition) is 1. The Labute approximate surface area is 125 Å². The lowest BCUT2D eigenvalue weighted by Crippen LogP contribution is -2.20. The minimum atomic E-state index is -4.39. The smallest absolute Gasteiger partial charge is 0.314 e. The van der Waals surface area contributed by atoms with Crippen LogP contribution in [0.1, 0.15) is 31.2 Å². The third kappa shape index (κ3) is 4.53. The standard InChI is InChI=1S/C13H16ClF3N2S/c14-11-7-9(13(15,16)17)8-19-12(11)20-6-2-4-10-3-1-5-18-10/h7-8,10,18H,1-6H2. The first-order valence-corrected chi connectivity index (χ1v) is 7.92. The van der Waals surface area contributed by atoms with Crippen LogP contribution >= 0.6 is 23.4 Å². The zero-order valence-corrected chi connectivity index (χ0v) is 12.4. The molecule has 2 nitrogen and oxygen atoms in total. The van der Waals surface area contributed by atoms with E-state index >= 15 is 0 Å². The van der Waals surface area contributed by atoms with Crippen molar-refractivity contribution in [2.75, 3.05) is 12.3 Å². The number of pyridine rings is 1. The molecule has 0 radical (unpaired) electrons. The molecule has 2 heterocycles. The predicted octanol–water partition coefficient (Wildman–Crippen LogP) is 4.38. The number of hydrogen-bond acceptors (Lipinski definition) is 3. The van der Waals surface area contributed by atoms with E-state index in [1.165, 1.54) is 24.6 Å². The van der Waals surface area contributed by atoms with Gasteiger partial charge in [0.15, 0.2) is 0 Å². The van der Waals surface area contributed by atoms with Crippen LogP contribution in [0.4, 0.5) is 13.2 Å². The number of nitrogens with zero attached hydrogens (tertiary/aromatic N) is 1. The Morgan fingerprint density at radius 1 is 1.45 bits per heavy atom. The molecule has 1 fully saturated rings. The molecule has 0 saturated carbocycles. The fraction of sp³-hybridized carbons (Fsp3) is 0.615. The van der Waals surface area contributed by atoms with Crippen LogP contribution in [-0.2, 0) is 6.18 Å². The van der Waals surface area contributed by atoms with Crippen molar-refractivity contribution >= 4 is 23.4 Å². The number of aromatic nitrogens is 1. The molecule has 20 heavy (non-hydrogen) atoms. The Balaban J connectivity index is 1.80. The lowest BCUT2D eigenvalue weighted by molar-refractivity contribution is -0.137. The van der Waals surface area contributed by atoms with E-state index in [0.29, 0.717) is 11.1 Å². The van der Waals surface area contributed by atoms with Gasteiger partial charge in [0.1, 0.15) is 5.03 Å². The summed E-state index contributed by atoms with van der Waals surface area (Å²) in [6, 6.07) is 1.53. The Kier molecular flexibility index (Phi) is 5.57. The predicted molar refractivity (Wildman–Crippen MR) is 75.2 cm³/mol. The number of halogens is 4. The molecule has 0 spiro atoms. The van der Waals surface area contributed by atoms with Crippen molar-refractivity contribution in [1.29, 1.82) is 0 Å². The average molecular weight is 325 g/mol. The number of rotatable bonds is 5. The van der Waals surface area contributed by atoms with Crippen molar-refractivity contribution in [2.45, 2.75) is 42.9 Å². The van der Waals surface area contributed by atoms with E-state index in [0.717, 1.165) is 37.4 Å². The van der Waals surface area contributed by atoms with Gasteiger partial charge in [-0.25, -0.2) is 4.98 Å². The molecule has 1 atom stereocenters. The third-order valence-electron chi connectivity index (χ3n) is 3.23. The largest absolute Gasteiger partial charge is 0.417 e. The van der Waals surface area contributed by atoms with Crippen LogP contribution in [0.25, 0.3) is 0 Å². The van der Waals surface area contributed by atoms with E-state index in [1.807, 2.05) is 0 Å². The first-order valence-electron chi connectivity index (χ1n) is 6.56. The van der Waals surface area contributed by atoms with Gasteiger partial charge in [-0.2, -0.15) is 13.2 Å². The van der Waals surface area contributed by atoms with Crippen LogP contribution in [-0.4, -0.2) is 23.3 Å². The Morgan fingerprint density at radius 2 is 2.25 bits per heavy atom. The van der Waals surface area contributed by atoms with E-state index in [2.05, 4.69) is 10.3 Å². The Morgan fingerprint density at radius 3 is 2.85 bits per heavy atom. The molecule has 0 aromatic carbocycles. The summed E-state index contributed by atoms with van der Waals surface area (Å²) >= 11 is 7.26. The van der Waals surface area contributed by atoms with Gasteiger partial charge in [0.25, 0.3) is 0 Å². The van der Waals surface area contributed by atoms with Gasteiger partial charge in [-0.05, 0) is 44.0 Å². The SMILES string of the molecule is FC(F)(F)c1cnc(SCCCC2CCCN2)c(Cl)c1. The maximum atomic E-state index is 12.5. The summed E-state index contributed by atoms with van der Waals surface area (Å²) in [5, 5.41) is 3.96. The van der Waals surface area contributed by atoms with Crippen molar-refractivity contribution in [3.05, 3.63) is 22.8 Å². The van der Waals surface area contributed by atoms with Crippen LogP contribution in [0.15, 0.2) is 17.3 Å². The Hall–Kier alpha value is -0.460. The van der Waals surface area contributed by atoms with Gasteiger partial charge < -0.3 is 5.32 Å². The van der Waals surface area contributed by atoms with Crippen molar-refractivity contribution in [2.24, 2.45) is 0 Å². The lowest BCUT2D eigenvalue weighted by atomic mass is 10.1. The summed E-state index contributed by atoms with van der Waals surface area (Å²) in [7, 11) is 0. The first-order chi connectivity index (χ1) is 9.47. The third-order valence-corrected chi connectivity index (χ3v) is 4.72. The van der Waals surface area contributed by atoms with Crippen molar-refractivity contribution < 1.29 is 13.2 Å². The highest BCUT2D eigenvalue weighted by Crippen LogP contribution is 2.33. The molecule has 1 aromatic heterocycles. The van der Waals surface area contributed by atoms with Crippen LogP contribution in [0.3, 0.4) is 0 Å². The maximum Gasteiger partial charge on any atom is 0.417 e. The van der Waals surface area contributed by atoms with E-state index in [9.17, 15) is 13.2 Å². The molecular weight excluding hydrogens is 309 g/mol. The summed E-state index contributed by atoms with van der Waals surface area (Å²) in [6.07, 6.45) is 0.974. The summed E-state index contributed by atoms with van der Waals surface area (Å²) in [5.41, 5.74) is -0.804. The summed E-state index contributed by atoms with van der Waals surface area (Å²) in [5.74, 6) is 0.816. The van der Waals surface area contributed by atoms with Crippen LogP contribution in [0.5, 0.6) is 0 Å².